The minimum absolute atomic E-state index is 0.274. The minimum atomic E-state index is 0.274. The third-order valence-electron chi connectivity index (χ3n) is 3.92. The fraction of sp³-hybridized carbons (Fsp3) is 0.625. The van der Waals surface area contributed by atoms with Crippen LogP contribution in [-0.4, -0.2) is 25.1 Å². The number of ether oxygens (including phenoxy) is 1. The Morgan fingerprint density at radius 1 is 1.32 bits per heavy atom. The molecule has 2 N–H and O–H groups in total. The van der Waals surface area contributed by atoms with Gasteiger partial charge in [-0.15, -0.1) is 0 Å². The summed E-state index contributed by atoms with van der Waals surface area (Å²) in [6, 6.07) is 6.79. The molecule has 1 unspecified atom stereocenters. The molecule has 0 aliphatic heterocycles. The fourth-order valence-electron chi connectivity index (χ4n) is 2.14. The summed E-state index contributed by atoms with van der Waals surface area (Å²) in [7, 11) is 3.86. The van der Waals surface area contributed by atoms with Gasteiger partial charge in [0.1, 0.15) is 5.75 Å². The van der Waals surface area contributed by atoms with Crippen molar-refractivity contribution >= 4 is 0 Å². The molecule has 1 rings (SSSR count). The van der Waals surface area contributed by atoms with E-state index in [0.29, 0.717) is 12.6 Å². The molecule has 19 heavy (non-hydrogen) atoms. The summed E-state index contributed by atoms with van der Waals surface area (Å²) < 4.78 is 5.39. The zero-order valence-corrected chi connectivity index (χ0v) is 13.2. The highest BCUT2D eigenvalue weighted by Crippen LogP contribution is 2.26. The Balaban J connectivity index is 2.83. The number of nitrogens with two attached hydrogens (primary N) is 1. The van der Waals surface area contributed by atoms with Gasteiger partial charge in [-0.2, -0.15) is 0 Å². The van der Waals surface area contributed by atoms with Gasteiger partial charge in [-0.05, 0) is 31.0 Å². The van der Waals surface area contributed by atoms with E-state index in [1.54, 1.807) is 7.11 Å². The molecular weight excluding hydrogens is 236 g/mol. The van der Waals surface area contributed by atoms with Crippen LogP contribution in [0.4, 0.5) is 0 Å². The average molecular weight is 264 g/mol. The Morgan fingerprint density at radius 3 is 2.42 bits per heavy atom. The third-order valence-corrected chi connectivity index (χ3v) is 3.92. The van der Waals surface area contributed by atoms with E-state index < -0.39 is 0 Å². The molecule has 0 amide bonds. The predicted octanol–water partition coefficient (Wildman–Crippen LogP) is 3.02. The molecule has 1 aromatic carbocycles. The standard InChI is InChI=1S/C16H28N2O/c1-12(16(2,3)4)18(5)11-13-7-8-14(10-17)15(9-13)19-6/h7-9,12H,10-11,17H2,1-6H3. The van der Waals surface area contributed by atoms with Crippen molar-refractivity contribution in [1.29, 1.82) is 0 Å². The molecule has 3 heteroatoms. The van der Waals surface area contributed by atoms with Crippen LogP contribution in [0.25, 0.3) is 0 Å². The highest BCUT2D eigenvalue weighted by molar-refractivity contribution is 5.37. The van der Waals surface area contributed by atoms with E-state index in [9.17, 15) is 0 Å². The third kappa shape index (κ3) is 4.22. The molecule has 0 radical (unpaired) electrons. The molecule has 1 atom stereocenters. The van der Waals surface area contributed by atoms with Crippen molar-refractivity contribution in [2.75, 3.05) is 14.2 Å². The molecule has 0 bridgehead atoms. The van der Waals surface area contributed by atoms with Crippen LogP contribution in [0.2, 0.25) is 0 Å². The summed E-state index contributed by atoms with van der Waals surface area (Å²) in [6.07, 6.45) is 0. The van der Waals surface area contributed by atoms with Gasteiger partial charge in [0.2, 0.25) is 0 Å². The topological polar surface area (TPSA) is 38.5 Å². The molecule has 3 nitrogen and oxygen atoms in total. The van der Waals surface area contributed by atoms with Gasteiger partial charge in [0.25, 0.3) is 0 Å². The number of nitrogens with zero attached hydrogens (tertiary/aromatic N) is 1. The summed E-state index contributed by atoms with van der Waals surface area (Å²) in [5, 5.41) is 0. The van der Waals surface area contributed by atoms with E-state index in [1.807, 2.05) is 0 Å². The van der Waals surface area contributed by atoms with E-state index in [-0.39, 0.29) is 5.41 Å². The zero-order valence-electron chi connectivity index (χ0n) is 13.2. The molecule has 0 aromatic heterocycles. The van der Waals surface area contributed by atoms with E-state index in [4.69, 9.17) is 10.5 Å². The fourth-order valence-corrected chi connectivity index (χ4v) is 2.14. The summed E-state index contributed by atoms with van der Waals surface area (Å²) in [5.74, 6) is 0.886. The molecule has 0 saturated heterocycles. The number of hydrogen-bond acceptors (Lipinski definition) is 3. The maximum absolute atomic E-state index is 5.69. The first-order valence-electron chi connectivity index (χ1n) is 6.85. The summed E-state index contributed by atoms with van der Waals surface area (Å²) in [5.41, 5.74) is 8.28. The van der Waals surface area contributed by atoms with Crippen LogP contribution in [0.5, 0.6) is 5.75 Å². The van der Waals surface area contributed by atoms with E-state index in [1.165, 1.54) is 5.56 Å². The first kappa shape index (κ1) is 16.0. The largest absolute Gasteiger partial charge is 0.496 e. The van der Waals surface area contributed by atoms with Crippen molar-refractivity contribution in [3.05, 3.63) is 29.3 Å². The molecular formula is C16H28N2O. The summed E-state index contributed by atoms with van der Waals surface area (Å²) in [4.78, 5) is 2.37. The van der Waals surface area contributed by atoms with Crippen LogP contribution in [0.1, 0.15) is 38.8 Å². The van der Waals surface area contributed by atoms with E-state index >= 15 is 0 Å². The van der Waals surface area contributed by atoms with Crippen LogP contribution >= 0.6 is 0 Å². The molecule has 0 heterocycles. The zero-order chi connectivity index (χ0) is 14.6. The average Bonchev–Trinajstić information content (AvgIpc) is 2.36. The molecule has 0 aliphatic rings. The van der Waals surface area contributed by atoms with Crippen molar-refractivity contribution in [2.45, 2.75) is 46.8 Å². The second kappa shape index (κ2) is 6.40. The van der Waals surface area contributed by atoms with Crippen molar-refractivity contribution in [3.8, 4) is 5.75 Å². The second-order valence-electron chi connectivity index (χ2n) is 6.31. The number of methoxy groups -OCH3 is 1. The lowest BCUT2D eigenvalue weighted by Gasteiger charge is -2.35. The van der Waals surface area contributed by atoms with Gasteiger partial charge >= 0.3 is 0 Å². The van der Waals surface area contributed by atoms with Crippen LogP contribution in [0, 0.1) is 5.41 Å². The van der Waals surface area contributed by atoms with Crippen LogP contribution in [-0.2, 0) is 13.1 Å². The highest BCUT2D eigenvalue weighted by Gasteiger charge is 2.23. The van der Waals surface area contributed by atoms with Crippen LogP contribution in [0.3, 0.4) is 0 Å². The van der Waals surface area contributed by atoms with Crippen molar-refractivity contribution in [2.24, 2.45) is 11.1 Å². The van der Waals surface area contributed by atoms with Crippen LogP contribution in [0.15, 0.2) is 18.2 Å². The first-order chi connectivity index (χ1) is 8.79. The van der Waals surface area contributed by atoms with Gasteiger partial charge in [-0.25, -0.2) is 0 Å². The van der Waals surface area contributed by atoms with Crippen LogP contribution < -0.4 is 10.5 Å². The normalized spacial score (nSPS) is 13.7. The Labute approximate surface area is 117 Å². The Kier molecular flexibility index (Phi) is 5.39. The lowest BCUT2D eigenvalue weighted by molar-refractivity contribution is 0.134. The smallest absolute Gasteiger partial charge is 0.123 e. The number of benzene rings is 1. The van der Waals surface area contributed by atoms with Gasteiger partial charge in [0.15, 0.2) is 0 Å². The van der Waals surface area contributed by atoms with Gasteiger partial charge in [-0.3, -0.25) is 4.90 Å². The quantitative estimate of drug-likeness (QED) is 0.888. The highest BCUT2D eigenvalue weighted by atomic mass is 16.5. The lowest BCUT2D eigenvalue weighted by Crippen LogP contribution is -2.38. The van der Waals surface area contributed by atoms with Gasteiger partial charge in [0.05, 0.1) is 7.11 Å². The molecule has 0 aliphatic carbocycles. The molecule has 108 valence electrons. The van der Waals surface area contributed by atoms with Gasteiger partial charge < -0.3 is 10.5 Å². The molecule has 1 aromatic rings. The minimum Gasteiger partial charge on any atom is -0.496 e. The van der Waals surface area contributed by atoms with Crippen molar-refractivity contribution < 1.29 is 4.74 Å². The van der Waals surface area contributed by atoms with Crippen molar-refractivity contribution in [1.82, 2.24) is 4.90 Å². The van der Waals surface area contributed by atoms with E-state index in [0.717, 1.165) is 17.9 Å². The maximum Gasteiger partial charge on any atom is 0.123 e. The SMILES string of the molecule is COc1cc(CN(C)C(C)C(C)(C)C)ccc1CN. The predicted molar refractivity (Wildman–Crippen MR) is 81.3 cm³/mol. The van der Waals surface area contributed by atoms with Crippen molar-refractivity contribution in [3.63, 3.8) is 0 Å². The van der Waals surface area contributed by atoms with Gasteiger partial charge in [-0.1, -0.05) is 32.9 Å². The Hall–Kier alpha value is -1.06. The number of hydrogen-bond donors (Lipinski definition) is 1. The maximum atomic E-state index is 5.69. The Bertz CT molecular complexity index is 410. The second-order valence-corrected chi connectivity index (χ2v) is 6.31. The molecule has 0 fully saturated rings. The van der Waals surface area contributed by atoms with Gasteiger partial charge in [0, 0.05) is 24.7 Å². The molecule has 0 spiro atoms. The van der Waals surface area contributed by atoms with E-state index in [2.05, 4.69) is 57.8 Å². The monoisotopic (exact) mass is 264 g/mol. The number of rotatable bonds is 5. The summed E-state index contributed by atoms with van der Waals surface area (Å²) >= 11 is 0. The summed E-state index contributed by atoms with van der Waals surface area (Å²) in [6.45, 7) is 10.5. The first-order valence-corrected chi connectivity index (χ1v) is 6.85. The Morgan fingerprint density at radius 2 is 1.95 bits per heavy atom. The molecule has 0 saturated carbocycles. The lowest BCUT2D eigenvalue weighted by atomic mass is 9.87.